The first-order valence-electron chi connectivity index (χ1n) is 24.9. The van der Waals surface area contributed by atoms with E-state index in [4.69, 9.17) is 11.6 Å². The summed E-state index contributed by atoms with van der Waals surface area (Å²) in [6.07, 6.45) is 1.90. The highest BCUT2D eigenvalue weighted by molar-refractivity contribution is 5.98. The van der Waals surface area contributed by atoms with Crippen molar-refractivity contribution in [1.29, 1.82) is 0 Å². The van der Waals surface area contributed by atoms with E-state index in [1.807, 2.05) is 54.7 Å². The van der Waals surface area contributed by atoms with Gasteiger partial charge in [0.1, 0.15) is 22.6 Å². The number of ether oxygens (including phenoxy) is 1. The number of rotatable bonds is 3. The van der Waals surface area contributed by atoms with Crippen molar-refractivity contribution in [2.24, 2.45) is 0 Å². The van der Waals surface area contributed by atoms with Crippen molar-refractivity contribution in [2.45, 2.75) is 91.3 Å². The first-order valence-corrected chi connectivity index (χ1v) is 20.9. The zero-order chi connectivity index (χ0) is 48.5. The topological polar surface area (TPSA) is 21.9 Å². The lowest BCUT2D eigenvalue weighted by atomic mass is 9.79. The summed E-state index contributed by atoms with van der Waals surface area (Å²) >= 11 is 0. The van der Waals surface area contributed by atoms with Crippen molar-refractivity contribution < 1.29 is 24.8 Å². The molecule has 60 heavy (non-hydrogen) atoms. The Labute approximate surface area is 365 Å². The third-order valence-corrected chi connectivity index (χ3v) is 12.8. The van der Waals surface area contributed by atoms with Gasteiger partial charge in [-0.2, -0.15) is 4.57 Å². The van der Waals surface area contributed by atoms with Crippen molar-refractivity contribution in [1.82, 2.24) is 4.57 Å². The second kappa shape index (κ2) is 12.2. The van der Waals surface area contributed by atoms with Gasteiger partial charge in [-0.05, 0) is 116 Å². The molecule has 0 saturated heterocycles. The molecule has 0 aliphatic carbocycles. The maximum atomic E-state index is 9.20. The number of aromatic nitrogens is 3. The molecule has 0 N–H and O–H groups in total. The molecular formula is C56H53N3O+2. The second-order valence-corrected chi connectivity index (χ2v) is 19.8. The van der Waals surface area contributed by atoms with E-state index < -0.39 is 30.8 Å². The van der Waals surface area contributed by atoms with E-state index in [-0.39, 0.29) is 39.5 Å². The SMILES string of the molecule is [2H]c1c([2H])c([2H])c(-c2cc[n+]3c(c2)-c2cc(C(C)(C)C)cc4c2C32Oc3ccccc3-c3n(-c5ccc(-c6cc(C(C)(C)C)cc(C(C)(C)C)c6)cc5C([2H])([2H])[2H])c5cccc-4c5[n+]32)c([2H])c1[2H]. The van der Waals surface area contributed by atoms with Crippen molar-refractivity contribution in [3.8, 4) is 67.5 Å². The molecule has 6 aromatic carbocycles. The Morgan fingerprint density at radius 2 is 1.27 bits per heavy atom. The maximum absolute atomic E-state index is 9.20. The van der Waals surface area contributed by atoms with Crippen LogP contribution in [0.15, 0.2) is 140 Å². The van der Waals surface area contributed by atoms with Crippen LogP contribution in [0.1, 0.15) is 101 Å². The minimum atomic E-state index is -2.51. The van der Waals surface area contributed by atoms with Crippen molar-refractivity contribution >= 4 is 11.0 Å². The zero-order valence-corrected chi connectivity index (χ0v) is 35.6. The first kappa shape index (κ1) is 29.0. The fraction of sp³-hybridized carbons (Fsp3) is 0.250. The van der Waals surface area contributed by atoms with E-state index in [0.717, 1.165) is 67.1 Å². The molecule has 0 fully saturated rings. The monoisotopic (exact) mass is 791 g/mol. The van der Waals surface area contributed by atoms with E-state index in [1.54, 1.807) is 6.07 Å². The highest BCUT2D eigenvalue weighted by atomic mass is 16.5. The van der Waals surface area contributed by atoms with Gasteiger partial charge in [0, 0.05) is 27.4 Å². The number of benzene rings is 6. The van der Waals surface area contributed by atoms with Gasteiger partial charge in [0.05, 0.1) is 12.4 Å². The molecule has 0 radical (unpaired) electrons. The molecule has 296 valence electrons. The Kier molecular flexibility index (Phi) is 5.89. The van der Waals surface area contributed by atoms with E-state index in [0.29, 0.717) is 17.0 Å². The van der Waals surface area contributed by atoms with Crippen molar-refractivity contribution in [2.75, 3.05) is 0 Å². The van der Waals surface area contributed by atoms with Gasteiger partial charge < -0.3 is 4.74 Å². The molecule has 4 heteroatoms. The van der Waals surface area contributed by atoms with Gasteiger partial charge in [0.2, 0.25) is 5.69 Å². The molecule has 11 rings (SSSR count). The summed E-state index contributed by atoms with van der Waals surface area (Å²) in [4.78, 5) is 0. The van der Waals surface area contributed by atoms with Gasteiger partial charge in [-0.3, -0.25) is 0 Å². The molecule has 3 aliphatic rings. The Bertz CT molecular complexity index is 3490. The lowest BCUT2D eigenvalue weighted by Crippen LogP contribution is -2.78. The van der Waals surface area contributed by atoms with Crippen LogP contribution in [0.3, 0.4) is 0 Å². The number of hydrogen-bond donors (Lipinski definition) is 0. The van der Waals surface area contributed by atoms with Gasteiger partial charge in [-0.1, -0.05) is 135 Å². The number of nitrogens with zero attached hydrogens (tertiary/aromatic N) is 3. The first-order chi connectivity index (χ1) is 31.8. The van der Waals surface area contributed by atoms with Gasteiger partial charge in [0.15, 0.2) is 17.2 Å². The van der Waals surface area contributed by atoms with Crippen LogP contribution < -0.4 is 13.9 Å². The molecular weight excluding hydrogens is 731 g/mol. The molecule has 0 bridgehead atoms. The van der Waals surface area contributed by atoms with E-state index in [9.17, 15) is 4.11 Å². The Morgan fingerprint density at radius 1 is 0.600 bits per heavy atom. The van der Waals surface area contributed by atoms with Gasteiger partial charge >= 0.3 is 11.7 Å². The highest BCUT2D eigenvalue weighted by Gasteiger charge is 2.68. The normalized spacial score (nSPS) is 18.1. The summed E-state index contributed by atoms with van der Waals surface area (Å²) in [5, 5.41) is 0. The third-order valence-electron chi connectivity index (χ3n) is 12.8. The fourth-order valence-corrected chi connectivity index (χ4v) is 9.58. The number of imidazole rings is 1. The third kappa shape index (κ3) is 5.09. The Balaban J connectivity index is 1.25. The molecule has 5 heterocycles. The van der Waals surface area contributed by atoms with Crippen LogP contribution in [0, 0.1) is 6.85 Å². The molecule has 8 aromatic rings. The maximum Gasteiger partial charge on any atom is 0.499 e. The number of para-hydroxylation sites is 2. The molecule has 1 spiro atoms. The fourth-order valence-electron chi connectivity index (χ4n) is 9.58. The van der Waals surface area contributed by atoms with Crippen LogP contribution in [0.5, 0.6) is 5.75 Å². The minimum absolute atomic E-state index is 0.115. The molecule has 2 aromatic heterocycles. The summed E-state index contributed by atoms with van der Waals surface area (Å²) in [5.74, 6) is -0.0240. The lowest BCUT2D eigenvalue weighted by Gasteiger charge is -2.32. The quantitative estimate of drug-likeness (QED) is 0.163. The summed E-state index contributed by atoms with van der Waals surface area (Å²) in [6, 6.07) is 33.0. The van der Waals surface area contributed by atoms with Crippen LogP contribution in [0.2, 0.25) is 0 Å². The minimum Gasteiger partial charge on any atom is -0.392 e. The van der Waals surface area contributed by atoms with E-state index >= 15 is 0 Å². The predicted octanol–water partition coefficient (Wildman–Crippen LogP) is 13.0. The highest BCUT2D eigenvalue weighted by Crippen LogP contribution is 2.54. The van der Waals surface area contributed by atoms with E-state index in [1.165, 1.54) is 11.1 Å². The summed E-state index contributed by atoms with van der Waals surface area (Å²) in [7, 11) is 0. The molecule has 1 unspecified atom stereocenters. The number of hydrogen-bond acceptors (Lipinski definition) is 1. The molecule has 4 nitrogen and oxygen atoms in total. The van der Waals surface area contributed by atoms with Crippen LogP contribution >= 0.6 is 0 Å². The Morgan fingerprint density at radius 3 is 1.98 bits per heavy atom. The molecule has 3 aliphatic heterocycles. The smallest absolute Gasteiger partial charge is 0.392 e. The standard InChI is InChI=1S/C56H53N3O/c1-34-27-36(38-28-39(53(2,3)4)31-40(29-38)54(5,6)7)23-24-46(34)58-47-21-16-20-42-44-32-41(55(8,9)10)33-45-48-30-37(35-17-12-11-13-18-35)25-26-57(48)56(50(44)45)59(51(42)47)52(58)43-19-14-15-22-49(43)60-56/h11-33H,1-10H3/q+2/i1D3,11D,12D,13D,17D,18D. The van der Waals surface area contributed by atoms with Crippen molar-refractivity contribution in [3.63, 3.8) is 0 Å². The van der Waals surface area contributed by atoms with Crippen LogP contribution in [-0.4, -0.2) is 4.57 Å². The van der Waals surface area contributed by atoms with Crippen LogP contribution in [0.4, 0.5) is 0 Å². The summed E-state index contributed by atoms with van der Waals surface area (Å²) < 4.78 is 84.7. The molecule has 0 amide bonds. The lowest BCUT2D eigenvalue weighted by molar-refractivity contribution is -0.997. The largest absolute Gasteiger partial charge is 0.499 e. The zero-order valence-electron chi connectivity index (χ0n) is 43.6. The van der Waals surface area contributed by atoms with Gasteiger partial charge in [-0.15, -0.1) is 9.13 Å². The average molecular weight is 792 g/mol. The second-order valence-electron chi connectivity index (χ2n) is 19.8. The molecule has 0 saturated carbocycles. The molecule has 1 atom stereocenters. The summed E-state index contributed by atoms with van der Waals surface area (Å²) in [5.41, 5.74) is 12.9. The summed E-state index contributed by atoms with van der Waals surface area (Å²) in [6.45, 7) is 17.2. The van der Waals surface area contributed by atoms with E-state index in [2.05, 4.69) is 125 Å². The Hall–Kier alpha value is -6.26. The number of fused-ring (bicyclic) bond motifs is 5. The number of aryl methyl sites for hydroxylation is 1. The van der Waals surface area contributed by atoms with Gasteiger partial charge in [-0.25, -0.2) is 0 Å². The predicted molar refractivity (Wildman–Crippen MR) is 245 cm³/mol. The van der Waals surface area contributed by atoms with Crippen LogP contribution in [-0.2, 0) is 22.1 Å². The van der Waals surface area contributed by atoms with Gasteiger partial charge in [0.25, 0.3) is 0 Å². The van der Waals surface area contributed by atoms with Crippen LogP contribution in [0.25, 0.3) is 72.7 Å². The number of pyridine rings is 1. The van der Waals surface area contributed by atoms with Crippen molar-refractivity contribution in [3.05, 3.63) is 167 Å². The average Bonchev–Trinajstić information content (AvgIpc) is 3.77.